The Hall–Kier alpha value is -1.23. The summed E-state index contributed by atoms with van der Waals surface area (Å²) in [5.41, 5.74) is 1.17. The van der Waals surface area contributed by atoms with Gasteiger partial charge in [0.25, 0.3) is 0 Å². The molecule has 0 aliphatic heterocycles. The van der Waals surface area contributed by atoms with E-state index in [1.54, 1.807) is 11.3 Å². The Labute approximate surface area is 99.2 Å². The molecule has 5 heteroatoms. The summed E-state index contributed by atoms with van der Waals surface area (Å²) in [5.74, 6) is 0.768. The number of nitrogens with zero attached hydrogens (tertiary/aromatic N) is 3. The average Bonchev–Trinajstić information content (AvgIpc) is 2.94. The van der Waals surface area contributed by atoms with Crippen LogP contribution < -0.4 is 0 Å². The van der Waals surface area contributed by atoms with Crippen LogP contribution in [0.4, 0.5) is 0 Å². The van der Waals surface area contributed by atoms with Gasteiger partial charge in [0.1, 0.15) is 6.33 Å². The molecule has 16 heavy (non-hydrogen) atoms. The minimum atomic E-state index is 0.768. The van der Waals surface area contributed by atoms with Crippen molar-refractivity contribution in [1.29, 1.82) is 0 Å². The van der Waals surface area contributed by atoms with Crippen LogP contribution in [0.25, 0.3) is 10.8 Å². The quantitative estimate of drug-likeness (QED) is 0.784. The smallest absolute Gasteiger partial charge is 0.184 e. The van der Waals surface area contributed by atoms with E-state index in [2.05, 4.69) is 32.5 Å². The second-order valence-corrected chi connectivity index (χ2v) is 4.65. The fraction of sp³-hybridized carbons (Fsp3) is 0.545. The number of rotatable bonds is 6. The van der Waals surface area contributed by atoms with E-state index in [-0.39, 0.29) is 0 Å². The maximum absolute atomic E-state index is 4.54. The SMILES string of the molecule is CCCCCCc1csc(-c2ncn[nH]2)n1. The van der Waals surface area contributed by atoms with Crippen LogP contribution in [0.1, 0.15) is 38.3 Å². The van der Waals surface area contributed by atoms with E-state index in [1.807, 2.05) is 0 Å². The first-order chi connectivity index (χ1) is 7.90. The van der Waals surface area contributed by atoms with Gasteiger partial charge in [-0.2, -0.15) is 5.10 Å². The highest BCUT2D eigenvalue weighted by Gasteiger charge is 2.06. The number of aromatic nitrogens is 4. The molecule has 2 rings (SSSR count). The molecule has 0 fully saturated rings. The lowest BCUT2D eigenvalue weighted by molar-refractivity contribution is 0.662. The van der Waals surface area contributed by atoms with Crippen molar-refractivity contribution in [3.05, 3.63) is 17.4 Å². The number of hydrogen-bond donors (Lipinski definition) is 1. The summed E-state index contributed by atoms with van der Waals surface area (Å²) in [7, 11) is 0. The van der Waals surface area contributed by atoms with Gasteiger partial charge < -0.3 is 0 Å². The Bertz CT molecular complexity index is 407. The normalized spacial score (nSPS) is 10.8. The van der Waals surface area contributed by atoms with E-state index in [0.29, 0.717) is 0 Å². The Morgan fingerprint density at radius 2 is 2.25 bits per heavy atom. The van der Waals surface area contributed by atoms with Crippen molar-refractivity contribution in [3.63, 3.8) is 0 Å². The third-order valence-corrected chi connectivity index (χ3v) is 3.35. The summed E-state index contributed by atoms with van der Waals surface area (Å²) in [5, 5.41) is 9.70. The van der Waals surface area contributed by atoms with Gasteiger partial charge in [-0.25, -0.2) is 9.97 Å². The van der Waals surface area contributed by atoms with Crippen molar-refractivity contribution in [2.24, 2.45) is 0 Å². The van der Waals surface area contributed by atoms with Crippen LogP contribution in [-0.2, 0) is 6.42 Å². The van der Waals surface area contributed by atoms with Crippen molar-refractivity contribution >= 4 is 11.3 Å². The molecular formula is C11H16N4S. The summed E-state index contributed by atoms with van der Waals surface area (Å²) in [6, 6.07) is 0. The Balaban J connectivity index is 1.88. The first kappa shape index (κ1) is 11.3. The lowest BCUT2D eigenvalue weighted by atomic mass is 10.1. The molecular weight excluding hydrogens is 220 g/mol. The van der Waals surface area contributed by atoms with Crippen molar-refractivity contribution in [2.45, 2.75) is 39.0 Å². The van der Waals surface area contributed by atoms with Crippen LogP contribution in [0.3, 0.4) is 0 Å². The molecule has 0 spiro atoms. The van der Waals surface area contributed by atoms with Crippen LogP contribution >= 0.6 is 11.3 Å². The molecule has 0 amide bonds. The molecule has 2 aromatic heterocycles. The number of aryl methyl sites for hydroxylation is 1. The molecule has 86 valence electrons. The fourth-order valence-corrected chi connectivity index (χ4v) is 2.37. The summed E-state index contributed by atoms with van der Waals surface area (Å²) >= 11 is 1.63. The molecule has 4 nitrogen and oxygen atoms in total. The predicted molar refractivity (Wildman–Crippen MR) is 65.3 cm³/mol. The highest BCUT2D eigenvalue weighted by molar-refractivity contribution is 7.13. The zero-order chi connectivity index (χ0) is 11.2. The second-order valence-electron chi connectivity index (χ2n) is 3.79. The summed E-state index contributed by atoms with van der Waals surface area (Å²) in [4.78, 5) is 8.63. The van der Waals surface area contributed by atoms with Gasteiger partial charge in [0.15, 0.2) is 10.8 Å². The predicted octanol–water partition coefficient (Wildman–Crippen LogP) is 3.05. The minimum Gasteiger partial charge on any atom is -0.257 e. The monoisotopic (exact) mass is 236 g/mol. The van der Waals surface area contributed by atoms with Crippen LogP contribution in [-0.4, -0.2) is 20.2 Å². The number of unbranched alkanes of at least 4 members (excludes halogenated alkanes) is 3. The van der Waals surface area contributed by atoms with Gasteiger partial charge in [-0.1, -0.05) is 26.2 Å². The summed E-state index contributed by atoms with van der Waals surface area (Å²) in [6.07, 6.45) is 7.71. The molecule has 0 aliphatic rings. The molecule has 0 saturated heterocycles. The maximum Gasteiger partial charge on any atom is 0.184 e. The zero-order valence-electron chi connectivity index (χ0n) is 9.44. The third-order valence-electron chi connectivity index (χ3n) is 2.46. The lowest BCUT2D eigenvalue weighted by Crippen LogP contribution is -1.87. The van der Waals surface area contributed by atoms with E-state index in [1.165, 1.54) is 37.7 Å². The van der Waals surface area contributed by atoms with Crippen LogP contribution in [0.15, 0.2) is 11.7 Å². The first-order valence-electron chi connectivity index (χ1n) is 5.70. The van der Waals surface area contributed by atoms with Crippen molar-refractivity contribution in [2.75, 3.05) is 0 Å². The van der Waals surface area contributed by atoms with Crippen LogP contribution in [0, 0.1) is 0 Å². The molecule has 0 unspecified atom stereocenters. The van der Waals surface area contributed by atoms with E-state index < -0.39 is 0 Å². The molecule has 0 saturated carbocycles. The van der Waals surface area contributed by atoms with Crippen LogP contribution in [0.5, 0.6) is 0 Å². The molecule has 2 heterocycles. The number of hydrogen-bond acceptors (Lipinski definition) is 4. The molecule has 2 aromatic rings. The Morgan fingerprint density at radius 1 is 1.31 bits per heavy atom. The van der Waals surface area contributed by atoms with Gasteiger partial charge in [0.05, 0.1) is 5.69 Å². The van der Waals surface area contributed by atoms with Crippen molar-refractivity contribution in [1.82, 2.24) is 20.2 Å². The highest BCUT2D eigenvalue weighted by atomic mass is 32.1. The Kier molecular flexibility index (Phi) is 4.04. The molecule has 0 radical (unpaired) electrons. The third kappa shape index (κ3) is 2.88. The van der Waals surface area contributed by atoms with E-state index in [0.717, 1.165) is 17.3 Å². The standard InChI is InChI=1S/C11H16N4S/c1-2-3-4-5-6-9-7-16-11(14-9)10-12-8-13-15-10/h7-8H,2-6H2,1H3,(H,12,13,15). The van der Waals surface area contributed by atoms with E-state index in [4.69, 9.17) is 0 Å². The van der Waals surface area contributed by atoms with Gasteiger partial charge in [-0.15, -0.1) is 11.3 Å². The van der Waals surface area contributed by atoms with Crippen molar-refractivity contribution < 1.29 is 0 Å². The molecule has 0 aromatic carbocycles. The first-order valence-corrected chi connectivity index (χ1v) is 6.58. The van der Waals surface area contributed by atoms with Gasteiger partial charge in [0.2, 0.25) is 0 Å². The fourth-order valence-electron chi connectivity index (χ4n) is 1.57. The van der Waals surface area contributed by atoms with Gasteiger partial charge >= 0.3 is 0 Å². The zero-order valence-corrected chi connectivity index (χ0v) is 10.3. The van der Waals surface area contributed by atoms with Gasteiger partial charge in [-0.05, 0) is 12.8 Å². The molecule has 0 bridgehead atoms. The number of H-pyrrole nitrogens is 1. The average molecular weight is 236 g/mol. The van der Waals surface area contributed by atoms with E-state index in [9.17, 15) is 0 Å². The topological polar surface area (TPSA) is 54.5 Å². The summed E-state index contributed by atoms with van der Waals surface area (Å²) in [6.45, 7) is 2.23. The second kappa shape index (κ2) is 5.75. The molecule has 1 N–H and O–H groups in total. The largest absolute Gasteiger partial charge is 0.257 e. The Morgan fingerprint density at radius 3 is 3.00 bits per heavy atom. The van der Waals surface area contributed by atoms with Gasteiger partial charge in [-0.3, -0.25) is 5.10 Å². The molecule has 0 aliphatic carbocycles. The minimum absolute atomic E-state index is 0.768. The summed E-state index contributed by atoms with van der Waals surface area (Å²) < 4.78 is 0. The van der Waals surface area contributed by atoms with Crippen LogP contribution in [0.2, 0.25) is 0 Å². The number of nitrogens with one attached hydrogen (secondary N) is 1. The number of thiazole rings is 1. The van der Waals surface area contributed by atoms with E-state index >= 15 is 0 Å². The van der Waals surface area contributed by atoms with Gasteiger partial charge in [0, 0.05) is 5.38 Å². The number of aromatic amines is 1. The molecule has 0 atom stereocenters. The maximum atomic E-state index is 4.54. The lowest BCUT2D eigenvalue weighted by Gasteiger charge is -1.95. The highest BCUT2D eigenvalue weighted by Crippen LogP contribution is 2.20. The van der Waals surface area contributed by atoms with Crippen molar-refractivity contribution in [3.8, 4) is 10.8 Å².